The van der Waals surface area contributed by atoms with Crippen LogP contribution >= 0.6 is 23.2 Å². The zero-order valence-electron chi connectivity index (χ0n) is 8.64. The van der Waals surface area contributed by atoms with Gasteiger partial charge >= 0.3 is 0 Å². The molecule has 0 N–H and O–H groups in total. The van der Waals surface area contributed by atoms with Crippen LogP contribution in [0.2, 0.25) is 10.0 Å². The van der Waals surface area contributed by atoms with Crippen molar-refractivity contribution in [1.29, 1.82) is 0 Å². The van der Waals surface area contributed by atoms with Crippen LogP contribution in [0.4, 0.5) is 0 Å². The van der Waals surface area contributed by atoms with E-state index in [-0.39, 0.29) is 0 Å². The third-order valence-electron chi connectivity index (χ3n) is 2.50. The zero-order chi connectivity index (χ0) is 11.8. The summed E-state index contributed by atoms with van der Waals surface area (Å²) in [5, 5.41) is 5.43. The summed E-state index contributed by atoms with van der Waals surface area (Å²) in [7, 11) is 0. The molecule has 0 aliphatic carbocycles. The van der Waals surface area contributed by atoms with Gasteiger partial charge in [-0.1, -0.05) is 23.2 Å². The maximum absolute atomic E-state index is 6.19. The van der Waals surface area contributed by atoms with E-state index in [9.17, 15) is 0 Å². The monoisotopic (exact) mass is 263 g/mol. The lowest BCUT2D eigenvalue weighted by molar-refractivity contribution is 0.948. The van der Waals surface area contributed by atoms with Crippen molar-refractivity contribution in [1.82, 2.24) is 14.6 Å². The molecular weight excluding hydrogens is 257 g/mol. The summed E-state index contributed by atoms with van der Waals surface area (Å²) in [6.45, 7) is 0. The van der Waals surface area contributed by atoms with Crippen LogP contribution in [0.5, 0.6) is 0 Å². The zero-order valence-corrected chi connectivity index (χ0v) is 10.2. The van der Waals surface area contributed by atoms with Gasteiger partial charge in [-0.3, -0.25) is 0 Å². The van der Waals surface area contributed by atoms with Crippen molar-refractivity contribution >= 4 is 28.8 Å². The average molecular weight is 264 g/mol. The minimum atomic E-state index is 0.598. The van der Waals surface area contributed by atoms with Gasteiger partial charge in [0.1, 0.15) is 0 Å². The molecule has 0 atom stereocenters. The van der Waals surface area contributed by atoms with Gasteiger partial charge in [0.2, 0.25) is 0 Å². The molecule has 3 rings (SSSR count). The fourth-order valence-corrected chi connectivity index (χ4v) is 2.24. The fraction of sp³-hybridized carbons (Fsp3) is 0. The van der Waals surface area contributed by atoms with Crippen LogP contribution < -0.4 is 0 Å². The number of hydrogen-bond donors (Lipinski definition) is 0. The molecule has 0 spiro atoms. The molecule has 5 heteroatoms. The van der Waals surface area contributed by atoms with E-state index in [2.05, 4.69) is 10.1 Å². The first-order chi connectivity index (χ1) is 8.25. The van der Waals surface area contributed by atoms with E-state index < -0.39 is 0 Å². The topological polar surface area (TPSA) is 30.2 Å². The third kappa shape index (κ3) is 1.77. The summed E-state index contributed by atoms with van der Waals surface area (Å²) in [6, 6.07) is 9.11. The molecule has 0 amide bonds. The highest BCUT2D eigenvalue weighted by atomic mass is 35.5. The molecule has 0 saturated carbocycles. The molecule has 0 radical (unpaired) electrons. The van der Waals surface area contributed by atoms with E-state index in [0.29, 0.717) is 10.0 Å². The maximum Gasteiger partial charge on any atom is 0.155 e. The van der Waals surface area contributed by atoms with E-state index in [0.717, 1.165) is 16.9 Å². The highest BCUT2D eigenvalue weighted by Crippen LogP contribution is 2.29. The Kier molecular flexibility index (Phi) is 2.50. The van der Waals surface area contributed by atoms with Crippen LogP contribution in [0.1, 0.15) is 0 Å². The van der Waals surface area contributed by atoms with Gasteiger partial charge in [-0.05, 0) is 24.3 Å². The Morgan fingerprint density at radius 2 is 1.88 bits per heavy atom. The SMILES string of the molecule is Clc1ccc(-c2ccnc3ccnn23)c(Cl)c1. The second kappa shape index (κ2) is 4.02. The summed E-state index contributed by atoms with van der Waals surface area (Å²) < 4.78 is 1.75. The second-order valence-electron chi connectivity index (χ2n) is 3.56. The second-order valence-corrected chi connectivity index (χ2v) is 4.40. The van der Waals surface area contributed by atoms with Crippen molar-refractivity contribution in [2.45, 2.75) is 0 Å². The number of hydrogen-bond acceptors (Lipinski definition) is 2. The van der Waals surface area contributed by atoms with Crippen molar-refractivity contribution in [2.75, 3.05) is 0 Å². The molecule has 0 saturated heterocycles. The Bertz CT molecular complexity index is 691. The molecule has 0 aliphatic rings. The summed E-state index contributed by atoms with van der Waals surface area (Å²) in [5.41, 5.74) is 2.56. The summed E-state index contributed by atoms with van der Waals surface area (Å²) in [6.07, 6.45) is 3.44. The number of nitrogens with zero attached hydrogens (tertiary/aromatic N) is 3. The van der Waals surface area contributed by atoms with Gasteiger partial charge in [0.05, 0.1) is 16.9 Å². The quantitative estimate of drug-likeness (QED) is 0.670. The van der Waals surface area contributed by atoms with Crippen LogP contribution in [-0.4, -0.2) is 14.6 Å². The molecular formula is C12H7Cl2N3. The van der Waals surface area contributed by atoms with Crippen molar-refractivity contribution in [2.24, 2.45) is 0 Å². The number of aromatic nitrogens is 3. The lowest BCUT2D eigenvalue weighted by Crippen LogP contribution is -1.95. The number of halogens is 2. The third-order valence-corrected chi connectivity index (χ3v) is 3.05. The molecule has 17 heavy (non-hydrogen) atoms. The summed E-state index contributed by atoms with van der Waals surface area (Å²) in [4.78, 5) is 4.21. The first-order valence-electron chi connectivity index (χ1n) is 5.00. The molecule has 2 heterocycles. The van der Waals surface area contributed by atoms with Gasteiger partial charge in [0, 0.05) is 22.8 Å². The van der Waals surface area contributed by atoms with E-state index in [1.54, 1.807) is 29.0 Å². The normalized spacial score (nSPS) is 10.9. The highest BCUT2D eigenvalue weighted by Gasteiger charge is 2.08. The lowest BCUT2D eigenvalue weighted by atomic mass is 10.1. The molecule has 0 bridgehead atoms. The largest absolute Gasteiger partial charge is 0.237 e. The van der Waals surface area contributed by atoms with Crippen molar-refractivity contribution < 1.29 is 0 Å². The van der Waals surface area contributed by atoms with Gasteiger partial charge in [0.25, 0.3) is 0 Å². The average Bonchev–Trinajstić information content (AvgIpc) is 2.77. The molecule has 0 unspecified atom stereocenters. The standard InChI is InChI=1S/C12H7Cl2N3/c13-8-1-2-9(10(14)7-8)11-3-5-15-12-4-6-16-17(11)12/h1-7H. The Labute approximate surface area is 108 Å². The Morgan fingerprint density at radius 1 is 1.00 bits per heavy atom. The van der Waals surface area contributed by atoms with Crippen LogP contribution in [-0.2, 0) is 0 Å². The first-order valence-corrected chi connectivity index (χ1v) is 5.75. The van der Waals surface area contributed by atoms with E-state index in [1.165, 1.54) is 0 Å². The number of fused-ring (bicyclic) bond motifs is 1. The van der Waals surface area contributed by atoms with Crippen LogP contribution in [0.15, 0.2) is 42.7 Å². The predicted octanol–water partition coefficient (Wildman–Crippen LogP) is 3.70. The van der Waals surface area contributed by atoms with E-state index >= 15 is 0 Å². The summed E-state index contributed by atoms with van der Waals surface area (Å²) in [5.74, 6) is 0. The molecule has 0 fully saturated rings. The molecule has 1 aromatic carbocycles. The smallest absolute Gasteiger partial charge is 0.155 e. The number of benzene rings is 1. The fourth-order valence-electron chi connectivity index (χ4n) is 1.74. The van der Waals surface area contributed by atoms with Gasteiger partial charge in [-0.25, -0.2) is 9.50 Å². The van der Waals surface area contributed by atoms with Crippen LogP contribution in [0, 0.1) is 0 Å². The summed E-state index contributed by atoms with van der Waals surface area (Å²) >= 11 is 12.1. The molecule has 0 aliphatic heterocycles. The van der Waals surface area contributed by atoms with Gasteiger partial charge in [0.15, 0.2) is 5.65 Å². The maximum atomic E-state index is 6.19. The van der Waals surface area contributed by atoms with Crippen molar-refractivity contribution in [3.63, 3.8) is 0 Å². The van der Waals surface area contributed by atoms with Crippen LogP contribution in [0.25, 0.3) is 16.9 Å². The number of rotatable bonds is 1. The van der Waals surface area contributed by atoms with E-state index in [1.807, 2.05) is 18.2 Å². The van der Waals surface area contributed by atoms with Crippen LogP contribution in [0.3, 0.4) is 0 Å². The first kappa shape index (κ1) is 10.6. The molecule has 3 nitrogen and oxygen atoms in total. The Balaban J connectivity index is 2.30. The van der Waals surface area contributed by atoms with Gasteiger partial charge in [-0.2, -0.15) is 5.10 Å². The van der Waals surface area contributed by atoms with Crippen molar-refractivity contribution in [3.8, 4) is 11.3 Å². The molecule has 2 aromatic heterocycles. The van der Waals surface area contributed by atoms with Gasteiger partial charge < -0.3 is 0 Å². The molecule has 84 valence electrons. The highest BCUT2D eigenvalue weighted by molar-refractivity contribution is 6.36. The Hall–Kier alpha value is -1.58. The van der Waals surface area contributed by atoms with Gasteiger partial charge in [-0.15, -0.1) is 0 Å². The van der Waals surface area contributed by atoms with E-state index in [4.69, 9.17) is 23.2 Å². The minimum Gasteiger partial charge on any atom is -0.237 e. The molecule has 3 aromatic rings. The Morgan fingerprint density at radius 3 is 2.71 bits per heavy atom. The minimum absolute atomic E-state index is 0.598. The predicted molar refractivity (Wildman–Crippen MR) is 68.4 cm³/mol. The lowest BCUT2D eigenvalue weighted by Gasteiger charge is -2.06. The van der Waals surface area contributed by atoms with Crippen molar-refractivity contribution in [3.05, 3.63) is 52.8 Å².